The summed E-state index contributed by atoms with van der Waals surface area (Å²) in [4.78, 5) is 14.1. The summed E-state index contributed by atoms with van der Waals surface area (Å²) in [5, 5.41) is 13.8. The van der Waals surface area contributed by atoms with Crippen LogP contribution in [-0.2, 0) is 24.6 Å². The number of hydrogen-bond acceptors (Lipinski definition) is 12. The van der Waals surface area contributed by atoms with Crippen LogP contribution in [0.3, 0.4) is 0 Å². The molecule has 0 aliphatic carbocycles. The highest BCUT2D eigenvalue weighted by Gasteiger charge is 2.48. The average Bonchev–Trinajstić information content (AvgIpc) is 3.25. The summed E-state index contributed by atoms with van der Waals surface area (Å²) in [6, 6.07) is 25.0. The Kier molecular flexibility index (Phi) is 16.2. The van der Waals surface area contributed by atoms with Gasteiger partial charge in [-0.3, -0.25) is 9.69 Å². The van der Waals surface area contributed by atoms with Gasteiger partial charge in [-0.1, -0.05) is 41.9 Å². The van der Waals surface area contributed by atoms with Gasteiger partial charge in [0.25, 0.3) is 25.8 Å². The van der Waals surface area contributed by atoms with E-state index in [2.05, 4.69) is 26.2 Å². The first kappa shape index (κ1) is 46.4. The third-order valence-corrected chi connectivity index (χ3v) is 14.4. The number of thioether (sulfide) groups is 1. The summed E-state index contributed by atoms with van der Waals surface area (Å²) in [5.74, 6) is -0.688. The Morgan fingerprint density at radius 2 is 1.64 bits per heavy atom. The smallest absolute Gasteiger partial charge is 0.384 e. The Hall–Kier alpha value is -4.14. The van der Waals surface area contributed by atoms with Crippen LogP contribution >= 0.6 is 23.4 Å². The number of alkyl halides is 3. The van der Waals surface area contributed by atoms with Crippen molar-refractivity contribution in [1.82, 2.24) is 20.3 Å². The van der Waals surface area contributed by atoms with Crippen molar-refractivity contribution in [2.75, 3.05) is 82.0 Å². The molecule has 1 amide bonds. The number of nitrogens with zero attached hydrogens (tertiary/aromatic N) is 1. The summed E-state index contributed by atoms with van der Waals surface area (Å²) in [6.07, 6.45) is 1.35. The second-order valence-corrected chi connectivity index (χ2v) is 19.6. The summed E-state index contributed by atoms with van der Waals surface area (Å²) < 4.78 is 102. The number of carbonyl (C=O) groups excluding carboxylic acids is 1. The first-order valence-electron chi connectivity index (χ1n) is 19.7. The average molecular weight is 922 g/mol. The topological polar surface area (TPSA) is 158 Å². The Bertz CT molecular complexity index is 2350. The van der Waals surface area contributed by atoms with E-state index in [1.807, 2.05) is 59.3 Å². The molecule has 0 saturated carbocycles. The van der Waals surface area contributed by atoms with Crippen LogP contribution in [0.5, 0.6) is 0 Å². The second-order valence-electron chi connectivity index (χ2n) is 14.4. The fourth-order valence-electron chi connectivity index (χ4n) is 6.85. The minimum atomic E-state index is -6.05. The molecule has 1 atom stereocenters. The highest BCUT2D eigenvalue weighted by atomic mass is 35.5. The molecule has 0 unspecified atom stereocenters. The van der Waals surface area contributed by atoms with Crippen molar-refractivity contribution in [1.29, 1.82) is 0 Å². The first-order chi connectivity index (χ1) is 29.2. The number of rotatable bonds is 19. The molecule has 6 rings (SSSR count). The third-order valence-electron chi connectivity index (χ3n) is 10.2. The van der Waals surface area contributed by atoms with E-state index in [4.69, 9.17) is 16.3 Å². The van der Waals surface area contributed by atoms with Crippen LogP contribution in [0.4, 0.5) is 24.5 Å². The largest absolute Gasteiger partial charge is 0.501 e. The fourth-order valence-corrected chi connectivity index (χ4v) is 9.99. The molecule has 328 valence electrons. The number of benzene rings is 4. The zero-order valence-corrected chi connectivity index (χ0v) is 36.3. The van der Waals surface area contributed by atoms with Crippen LogP contribution in [0.15, 0.2) is 117 Å². The van der Waals surface area contributed by atoms with Gasteiger partial charge >= 0.3 is 5.51 Å². The summed E-state index contributed by atoms with van der Waals surface area (Å²) in [6.45, 7) is 6.54. The maximum atomic E-state index is 14.1. The zero-order valence-electron chi connectivity index (χ0n) is 33.1. The molecule has 1 fully saturated rings. The number of morpholine rings is 1. The molecule has 4 aromatic carbocycles. The van der Waals surface area contributed by atoms with Crippen molar-refractivity contribution in [3.05, 3.63) is 119 Å². The van der Waals surface area contributed by atoms with Gasteiger partial charge in [-0.2, -0.15) is 13.2 Å². The lowest BCUT2D eigenvalue weighted by atomic mass is 9.94. The molecule has 0 spiro atoms. The lowest BCUT2D eigenvalue weighted by Gasteiger charge is -2.29. The van der Waals surface area contributed by atoms with E-state index in [9.17, 15) is 34.8 Å². The monoisotopic (exact) mass is 920 g/mol. The Labute approximate surface area is 364 Å². The zero-order chi connectivity index (χ0) is 43.5. The number of sulfone groups is 1. The number of nitrogens with one attached hydrogen (secondary N) is 5. The SMILES string of the molecule is O=C(NS(=O)(=O)c1ccc(N[C@H](CCN2CCOCC2)CSc2ccccc2)c(S(=O)(=O)C(F)(F)F)c1)c1ccc(NCCNCC2=C(c3ccc(Cl)cc3)CCNC2)cc1. The second kappa shape index (κ2) is 21.3. The van der Waals surface area contributed by atoms with E-state index in [1.165, 1.54) is 35.0 Å². The van der Waals surface area contributed by atoms with Crippen molar-refractivity contribution < 1.29 is 39.5 Å². The molecule has 12 nitrogen and oxygen atoms in total. The Morgan fingerprint density at radius 1 is 0.918 bits per heavy atom. The van der Waals surface area contributed by atoms with E-state index in [0.29, 0.717) is 81.4 Å². The number of ether oxygens (including phenoxy) is 1. The van der Waals surface area contributed by atoms with Crippen LogP contribution in [-0.4, -0.2) is 111 Å². The molecule has 61 heavy (non-hydrogen) atoms. The van der Waals surface area contributed by atoms with Gasteiger partial charge in [0.1, 0.15) is 4.90 Å². The first-order valence-corrected chi connectivity index (χ1v) is 24.0. The number of carbonyl (C=O) groups is 1. The maximum Gasteiger partial charge on any atom is 0.501 e. The lowest BCUT2D eigenvalue weighted by Crippen LogP contribution is -2.39. The van der Waals surface area contributed by atoms with Crippen LogP contribution in [0, 0.1) is 0 Å². The molecule has 0 bridgehead atoms. The van der Waals surface area contributed by atoms with Crippen molar-refractivity contribution in [2.24, 2.45) is 0 Å². The molecular weight excluding hydrogens is 873 g/mol. The predicted molar refractivity (Wildman–Crippen MR) is 234 cm³/mol. The van der Waals surface area contributed by atoms with E-state index < -0.39 is 52.8 Å². The minimum Gasteiger partial charge on any atom is -0.384 e. The predicted octanol–water partition coefficient (Wildman–Crippen LogP) is 6.50. The number of hydrogen-bond donors (Lipinski definition) is 5. The minimum absolute atomic E-state index is 0.0424. The number of amides is 1. The molecule has 2 aliphatic heterocycles. The van der Waals surface area contributed by atoms with Gasteiger partial charge in [0, 0.05) is 78.8 Å². The maximum absolute atomic E-state index is 14.1. The van der Waals surface area contributed by atoms with Crippen molar-refractivity contribution in [3.63, 3.8) is 0 Å². The van der Waals surface area contributed by atoms with Crippen LogP contribution in [0.1, 0.15) is 28.8 Å². The molecule has 0 aromatic heterocycles. The standard InChI is InChI=1S/C42H48ClF3N6O6S3/c43-33-10-6-30(7-11-33)38-16-18-47-27-32(38)28-48-19-20-49-34-12-8-31(9-13-34)41(53)51-61(56,57)37-14-15-39(40(26-37)60(54,55)42(44,45)46)50-35(17-21-52-22-24-58-25-23-52)29-59-36-4-2-1-3-5-36/h1-15,26,35,47-50H,16-25,27-29H2,(H,51,53)/t35-/m1/s1. The molecule has 1 saturated heterocycles. The van der Waals surface area contributed by atoms with Gasteiger partial charge in [-0.15, -0.1) is 11.8 Å². The molecule has 4 aromatic rings. The molecule has 5 N–H and O–H groups in total. The quantitative estimate of drug-likeness (QED) is 0.0515. The van der Waals surface area contributed by atoms with Gasteiger partial charge < -0.3 is 26.0 Å². The van der Waals surface area contributed by atoms with E-state index in [-0.39, 0.29) is 5.56 Å². The molecular formula is C42H48ClF3N6O6S3. The number of anilines is 2. The van der Waals surface area contributed by atoms with Crippen molar-refractivity contribution in [2.45, 2.75) is 39.1 Å². The highest BCUT2D eigenvalue weighted by molar-refractivity contribution is 7.99. The van der Waals surface area contributed by atoms with E-state index in [0.717, 1.165) is 42.1 Å². The van der Waals surface area contributed by atoms with Gasteiger partial charge in [-0.05, 0) is 103 Å². The third kappa shape index (κ3) is 13.0. The Morgan fingerprint density at radius 3 is 2.34 bits per heavy atom. The summed E-state index contributed by atoms with van der Waals surface area (Å²) >= 11 is 7.51. The van der Waals surface area contributed by atoms with Gasteiger partial charge in [0.05, 0.1) is 23.8 Å². The lowest BCUT2D eigenvalue weighted by molar-refractivity contribution is -0.0435. The van der Waals surface area contributed by atoms with Crippen LogP contribution in [0.25, 0.3) is 5.57 Å². The Balaban J connectivity index is 1.09. The van der Waals surface area contributed by atoms with Gasteiger partial charge in [0.2, 0.25) is 0 Å². The number of sulfonamides is 1. The van der Waals surface area contributed by atoms with Gasteiger partial charge in [0.15, 0.2) is 0 Å². The fraction of sp³-hybridized carbons (Fsp3) is 0.357. The van der Waals surface area contributed by atoms with E-state index >= 15 is 0 Å². The summed E-state index contributed by atoms with van der Waals surface area (Å²) in [5.41, 5.74) is -1.82. The highest BCUT2D eigenvalue weighted by Crippen LogP contribution is 2.37. The molecule has 19 heteroatoms. The van der Waals surface area contributed by atoms with Crippen LogP contribution < -0.4 is 26.0 Å². The molecule has 2 aliphatic rings. The number of halogens is 4. The van der Waals surface area contributed by atoms with Gasteiger partial charge in [-0.25, -0.2) is 21.6 Å². The van der Waals surface area contributed by atoms with Crippen molar-refractivity contribution >= 4 is 66.1 Å². The molecule has 2 heterocycles. The van der Waals surface area contributed by atoms with Crippen molar-refractivity contribution in [3.8, 4) is 0 Å². The van der Waals surface area contributed by atoms with E-state index in [1.54, 1.807) is 12.1 Å². The van der Waals surface area contributed by atoms with Crippen LogP contribution in [0.2, 0.25) is 5.02 Å². The molecule has 0 radical (unpaired) electrons. The normalized spacial score (nSPS) is 15.9. The summed E-state index contributed by atoms with van der Waals surface area (Å²) in [7, 11) is -10.9.